The van der Waals surface area contributed by atoms with Gasteiger partial charge in [-0.15, -0.1) is 0 Å². The van der Waals surface area contributed by atoms with Crippen LogP contribution in [0.15, 0.2) is 0 Å². The standard InChI is InChI=1S/C7H17N3O/c1-7(2,3)10-6(11)5(9)4-8/h5H,4,8-9H2,1-3H3,(H,10,11)/t5-/m1/s1. The summed E-state index contributed by atoms with van der Waals surface area (Å²) in [6, 6.07) is -0.589. The van der Waals surface area contributed by atoms with E-state index in [1.807, 2.05) is 20.8 Å². The molecule has 5 N–H and O–H groups in total. The molecule has 66 valence electrons. The van der Waals surface area contributed by atoms with E-state index in [1.165, 1.54) is 0 Å². The number of nitrogens with two attached hydrogens (primary N) is 2. The first-order valence-electron chi connectivity index (χ1n) is 3.64. The average molecular weight is 159 g/mol. The molecule has 0 bridgehead atoms. The number of hydrogen-bond acceptors (Lipinski definition) is 3. The second kappa shape index (κ2) is 3.69. The van der Waals surface area contributed by atoms with Crippen molar-refractivity contribution in [2.75, 3.05) is 6.54 Å². The zero-order chi connectivity index (χ0) is 9.07. The zero-order valence-electron chi connectivity index (χ0n) is 7.35. The van der Waals surface area contributed by atoms with Gasteiger partial charge in [-0.2, -0.15) is 0 Å². The summed E-state index contributed by atoms with van der Waals surface area (Å²) < 4.78 is 0. The van der Waals surface area contributed by atoms with Crippen molar-refractivity contribution < 1.29 is 4.79 Å². The van der Waals surface area contributed by atoms with Crippen molar-refractivity contribution in [3.63, 3.8) is 0 Å². The molecule has 11 heavy (non-hydrogen) atoms. The SMILES string of the molecule is CC(C)(C)NC(=O)[C@H](N)CN. The summed E-state index contributed by atoms with van der Waals surface area (Å²) in [6.45, 7) is 5.87. The first-order valence-corrected chi connectivity index (χ1v) is 3.64. The van der Waals surface area contributed by atoms with Gasteiger partial charge in [-0.05, 0) is 20.8 Å². The third-order valence-corrected chi connectivity index (χ3v) is 1.09. The van der Waals surface area contributed by atoms with E-state index in [4.69, 9.17) is 11.5 Å². The Morgan fingerprint density at radius 3 is 2.27 bits per heavy atom. The molecule has 0 radical (unpaired) electrons. The predicted molar refractivity (Wildman–Crippen MR) is 44.9 cm³/mol. The Morgan fingerprint density at radius 2 is 2.00 bits per heavy atom. The van der Waals surface area contributed by atoms with Crippen molar-refractivity contribution in [1.29, 1.82) is 0 Å². The number of rotatable bonds is 2. The molecule has 0 saturated heterocycles. The molecular weight excluding hydrogens is 142 g/mol. The molecular formula is C7H17N3O. The molecule has 0 aliphatic heterocycles. The summed E-state index contributed by atoms with van der Waals surface area (Å²) in [5.41, 5.74) is 10.4. The maximum atomic E-state index is 11.1. The van der Waals surface area contributed by atoms with E-state index in [2.05, 4.69) is 5.32 Å². The first kappa shape index (κ1) is 10.4. The molecule has 4 nitrogen and oxygen atoms in total. The maximum Gasteiger partial charge on any atom is 0.238 e. The Kier molecular flexibility index (Phi) is 3.48. The van der Waals surface area contributed by atoms with Crippen LogP contribution in [0.3, 0.4) is 0 Å². The van der Waals surface area contributed by atoms with E-state index in [9.17, 15) is 4.79 Å². The highest BCUT2D eigenvalue weighted by atomic mass is 16.2. The fourth-order valence-corrected chi connectivity index (χ4v) is 0.569. The van der Waals surface area contributed by atoms with Crippen molar-refractivity contribution in [2.24, 2.45) is 11.5 Å². The molecule has 0 fully saturated rings. The molecule has 1 atom stereocenters. The molecule has 0 aliphatic rings. The lowest BCUT2D eigenvalue weighted by Crippen LogP contribution is -2.51. The topological polar surface area (TPSA) is 81.1 Å². The van der Waals surface area contributed by atoms with Gasteiger partial charge in [0.15, 0.2) is 0 Å². The summed E-state index contributed by atoms with van der Waals surface area (Å²) in [5.74, 6) is -0.194. The van der Waals surface area contributed by atoms with Crippen LogP contribution in [0.25, 0.3) is 0 Å². The van der Waals surface area contributed by atoms with Crippen molar-refractivity contribution in [1.82, 2.24) is 5.32 Å². The van der Waals surface area contributed by atoms with Crippen LogP contribution in [0.5, 0.6) is 0 Å². The summed E-state index contributed by atoms with van der Waals surface area (Å²) in [4.78, 5) is 11.1. The highest BCUT2D eigenvalue weighted by Gasteiger charge is 2.17. The predicted octanol–water partition coefficient (Wildman–Crippen LogP) is -0.813. The van der Waals surface area contributed by atoms with Gasteiger partial charge in [0.25, 0.3) is 0 Å². The fraction of sp³-hybridized carbons (Fsp3) is 0.857. The summed E-state index contributed by atoms with van der Waals surface area (Å²) in [5, 5.41) is 2.73. The average Bonchev–Trinajstić information content (AvgIpc) is 1.82. The van der Waals surface area contributed by atoms with E-state index in [1.54, 1.807) is 0 Å². The largest absolute Gasteiger partial charge is 0.350 e. The normalized spacial score (nSPS) is 14.3. The van der Waals surface area contributed by atoms with E-state index in [0.717, 1.165) is 0 Å². The van der Waals surface area contributed by atoms with Crippen LogP contribution in [0.1, 0.15) is 20.8 Å². The van der Waals surface area contributed by atoms with Gasteiger partial charge >= 0.3 is 0 Å². The second-order valence-electron chi connectivity index (χ2n) is 3.58. The third kappa shape index (κ3) is 4.75. The lowest BCUT2D eigenvalue weighted by molar-refractivity contribution is -0.123. The Morgan fingerprint density at radius 1 is 1.55 bits per heavy atom. The molecule has 0 aliphatic carbocycles. The van der Waals surface area contributed by atoms with Crippen molar-refractivity contribution in [3.8, 4) is 0 Å². The third-order valence-electron chi connectivity index (χ3n) is 1.09. The van der Waals surface area contributed by atoms with Crippen LogP contribution >= 0.6 is 0 Å². The lowest BCUT2D eigenvalue weighted by atomic mass is 10.1. The molecule has 1 amide bonds. The minimum atomic E-state index is -0.589. The van der Waals surface area contributed by atoms with E-state index in [0.29, 0.717) is 0 Å². The molecule has 0 saturated carbocycles. The Balaban J connectivity index is 3.88. The highest BCUT2D eigenvalue weighted by Crippen LogP contribution is 1.98. The van der Waals surface area contributed by atoms with Crippen molar-refractivity contribution in [3.05, 3.63) is 0 Å². The van der Waals surface area contributed by atoms with Crippen LogP contribution in [-0.2, 0) is 4.79 Å². The molecule has 0 aromatic heterocycles. The Hall–Kier alpha value is -0.610. The number of hydrogen-bond donors (Lipinski definition) is 3. The van der Waals surface area contributed by atoms with Crippen LogP contribution < -0.4 is 16.8 Å². The minimum Gasteiger partial charge on any atom is -0.350 e. The second-order valence-corrected chi connectivity index (χ2v) is 3.58. The quantitative estimate of drug-likeness (QED) is 0.493. The minimum absolute atomic E-state index is 0.182. The van der Waals surface area contributed by atoms with Crippen LogP contribution in [0.4, 0.5) is 0 Å². The number of carbonyl (C=O) groups excluding carboxylic acids is 1. The zero-order valence-corrected chi connectivity index (χ0v) is 7.35. The lowest BCUT2D eigenvalue weighted by Gasteiger charge is -2.22. The van der Waals surface area contributed by atoms with Crippen molar-refractivity contribution >= 4 is 5.91 Å². The molecule has 4 heteroatoms. The number of nitrogens with one attached hydrogen (secondary N) is 1. The van der Waals surface area contributed by atoms with E-state index >= 15 is 0 Å². The monoisotopic (exact) mass is 159 g/mol. The van der Waals surface area contributed by atoms with Gasteiger partial charge in [-0.25, -0.2) is 0 Å². The first-order chi connectivity index (χ1) is 4.87. The van der Waals surface area contributed by atoms with Gasteiger partial charge in [0.05, 0.1) is 6.04 Å². The molecule has 0 spiro atoms. The van der Waals surface area contributed by atoms with Gasteiger partial charge in [0.1, 0.15) is 0 Å². The molecule has 0 aromatic rings. The fourth-order valence-electron chi connectivity index (χ4n) is 0.569. The Labute approximate surface area is 67.3 Å². The molecule has 0 rings (SSSR count). The van der Waals surface area contributed by atoms with Gasteiger partial charge in [-0.1, -0.05) is 0 Å². The number of carbonyl (C=O) groups is 1. The summed E-state index contributed by atoms with van der Waals surface area (Å²) >= 11 is 0. The van der Waals surface area contributed by atoms with Crippen LogP contribution in [0.2, 0.25) is 0 Å². The van der Waals surface area contributed by atoms with Gasteiger partial charge in [0.2, 0.25) is 5.91 Å². The van der Waals surface area contributed by atoms with Crippen LogP contribution in [0, 0.1) is 0 Å². The molecule has 0 aromatic carbocycles. The molecule has 0 heterocycles. The number of amides is 1. The molecule has 0 unspecified atom stereocenters. The summed E-state index contributed by atoms with van der Waals surface area (Å²) in [6.07, 6.45) is 0. The van der Waals surface area contributed by atoms with E-state index in [-0.39, 0.29) is 18.0 Å². The van der Waals surface area contributed by atoms with Crippen LogP contribution in [-0.4, -0.2) is 24.0 Å². The van der Waals surface area contributed by atoms with Crippen molar-refractivity contribution in [2.45, 2.75) is 32.4 Å². The maximum absolute atomic E-state index is 11.1. The highest BCUT2D eigenvalue weighted by molar-refractivity contribution is 5.82. The summed E-state index contributed by atoms with van der Waals surface area (Å²) in [7, 11) is 0. The Bertz CT molecular complexity index is 139. The van der Waals surface area contributed by atoms with E-state index < -0.39 is 6.04 Å². The van der Waals surface area contributed by atoms with Gasteiger partial charge in [0, 0.05) is 12.1 Å². The smallest absolute Gasteiger partial charge is 0.238 e. The van der Waals surface area contributed by atoms with Gasteiger partial charge < -0.3 is 16.8 Å². The van der Waals surface area contributed by atoms with Gasteiger partial charge in [-0.3, -0.25) is 4.79 Å².